The molecule has 0 amide bonds. The second-order valence-corrected chi connectivity index (χ2v) is 7.38. The minimum Gasteiger partial charge on any atom is -0.368 e. The first-order valence-electron chi connectivity index (χ1n) is 6.37. The number of nitrogens with one attached hydrogen (secondary N) is 1. The van der Waals surface area contributed by atoms with Crippen molar-refractivity contribution in [3.8, 4) is 11.5 Å². The van der Waals surface area contributed by atoms with E-state index in [1.54, 1.807) is 22.9 Å². The maximum atomic E-state index is 11.4. The minimum absolute atomic E-state index is 0.0503. The third-order valence-electron chi connectivity index (χ3n) is 3.25. The third-order valence-corrected chi connectivity index (χ3v) is 5.13. The summed E-state index contributed by atoms with van der Waals surface area (Å²) in [5, 5.41) is 13.4. The van der Waals surface area contributed by atoms with Gasteiger partial charge in [0.1, 0.15) is 11.3 Å². The van der Waals surface area contributed by atoms with Gasteiger partial charge in [0, 0.05) is 30.4 Å². The van der Waals surface area contributed by atoms with Gasteiger partial charge in [0.05, 0.1) is 0 Å². The fourth-order valence-corrected chi connectivity index (χ4v) is 3.29. The molecule has 0 aliphatic heterocycles. The molecule has 10 nitrogen and oxygen atoms in total. The number of tetrazole rings is 1. The molecule has 3 aromatic heterocycles. The van der Waals surface area contributed by atoms with Crippen LogP contribution in [0.1, 0.15) is 5.56 Å². The molecular weight excluding hydrogens is 391 g/mol. The molecule has 12 heteroatoms. The van der Waals surface area contributed by atoms with E-state index in [1.807, 2.05) is 0 Å². The number of methoxy groups -OCH3 is 1. The smallest absolute Gasteiger partial charge is 0.354 e. The standard InChI is InChI=1S/C11H12BrN6O4P/c1-22-10(23(19,20)21)2-6-4-18-5-8(11-14-16-17-15-11)13-9(18)3-7(6)12/h3-5,10H,2H2,1H3,(H2,19,20,21)(H,14,15,16,17). The zero-order valence-corrected chi connectivity index (χ0v) is 14.3. The highest BCUT2D eigenvalue weighted by molar-refractivity contribution is 9.10. The highest BCUT2D eigenvalue weighted by Gasteiger charge is 2.29. The number of aromatic nitrogens is 6. The van der Waals surface area contributed by atoms with Gasteiger partial charge in [-0.1, -0.05) is 15.9 Å². The number of H-pyrrole nitrogens is 1. The molecular formula is C11H12BrN6O4P. The summed E-state index contributed by atoms with van der Waals surface area (Å²) in [7, 11) is -3.09. The summed E-state index contributed by atoms with van der Waals surface area (Å²) in [6, 6.07) is 1.75. The van der Waals surface area contributed by atoms with Crippen LogP contribution in [0.5, 0.6) is 0 Å². The van der Waals surface area contributed by atoms with E-state index in [0.717, 1.165) is 0 Å². The van der Waals surface area contributed by atoms with Crippen molar-refractivity contribution >= 4 is 29.2 Å². The second kappa shape index (κ2) is 6.10. The van der Waals surface area contributed by atoms with Crippen molar-refractivity contribution in [2.24, 2.45) is 0 Å². The fraction of sp³-hybridized carbons (Fsp3) is 0.273. The molecule has 0 aliphatic carbocycles. The molecule has 1 atom stereocenters. The number of fused-ring (bicyclic) bond motifs is 1. The number of rotatable bonds is 5. The van der Waals surface area contributed by atoms with Gasteiger partial charge in [0.2, 0.25) is 0 Å². The molecule has 0 spiro atoms. The second-order valence-electron chi connectivity index (χ2n) is 4.77. The summed E-state index contributed by atoms with van der Waals surface area (Å²) < 4.78 is 18.7. The van der Waals surface area contributed by atoms with Crippen LogP contribution in [0.2, 0.25) is 0 Å². The molecule has 3 rings (SSSR count). The Balaban J connectivity index is 1.99. The van der Waals surface area contributed by atoms with Crippen LogP contribution in [0.25, 0.3) is 17.2 Å². The van der Waals surface area contributed by atoms with Gasteiger partial charge in [-0.3, -0.25) is 4.57 Å². The van der Waals surface area contributed by atoms with Gasteiger partial charge in [0.25, 0.3) is 0 Å². The highest BCUT2D eigenvalue weighted by atomic mass is 79.9. The largest absolute Gasteiger partial charge is 0.368 e. The highest BCUT2D eigenvalue weighted by Crippen LogP contribution is 2.43. The topological polar surface area (TPSA) is 139 Å². The zero-order valence-electron chi connectivity index (χ0n) is 11.8. The Morgan fingerprint density at radius 1 is 1.48 bits per heavy atom. The Labute approximate surface area is 138 Å². The Kier molecular flexibility index (Phi) is 4.30. The van der Waals surface area contributed by atoms with E-state index in [-0.39, 0.29) is 6.42 Å². The maximum Gasteiger partial charge on any atom is 0.354 e. The van der Waals surface area contributed by atoms with E-state index >= 15 is 0 Å². The van der Waals surface area contributed by atoms with E-state index in [1.165, 1.54) is 7.11 Å². The number of halogens is 1. The van der Waals surface area contributed by atoms with Crippen LogP contribution in [0.15, 0.2) is 22.9 Å². The number of aromatic amines is 1. The number of hydrogen-bond donors (Lipinski definition) is 3. The van der Waals surface area contributed by atoms with E-state index in [9.17, 15) is 14.4 Å². The number of imidazole rings is 1. The van der Waals surface area contributed by atoms with Crippen LogP contribution in [-0.4, -0.2) is 52.8 Å². The number of nitrogens with zero attached hydrogens (tertiary/aromatic N) is 5. The van der Waals surface area contributed by atoms with Gasteiger partial charge in [-0.2, -0.15) is 0 Å². The fourth-order valence-electron chi connectivity index (χ4n) is 2.11. The first kappa shape index (κ1) is 16.2. The summed E-state index contributed by atoms with van der Waals surface area (Å²) in [6.45, 7) is 0. The SMILES string of the molecule is COC(Cc1cn2cc(-c3nnn[nH]3)nc2cc1Br)P(=O)(O)O. The zero-order chi connectivity index (χ0) is 16.6. The summed E-state index contributed by atoms with van der Waals surface area (Å²) in [4.78, 5) is 23.0. The predicted octanol–water partition coefficient (Wildman–Crippen LogP) is 0.970. The van der Waals surface area contributed by atoms with Gasteiger partial charge in [-0.05, 0) is 22.1 Å². The molecule has 3 heterocycles. The predicted molar refractivity (Wildman–Crippen MR) is 82.6 cm³/mol. The van der Waals surface area contributed by atoms with Crippen molar-refractivity contribution < 1.29 is 19.1 Å². The average Bonchev–Trinajstić information content (AvgIpc) is 3.11. The molecule has 0 bridgehead atoms. The lowest BCUT2D eigenvalue weighted by Gasteiger charge is -2.17. The van der Waals surface area contributed by atoms with Crippen LogP contribution >= 0.6 is 23.5 Å². The third kappa shape index (κ3) is 3.33. The van der Waals surface area contributed by atoms with E-state index in [2.05, 4.69) is 41.5 Å². The molecule has 0 radical (unpaired) electrons. The van der Waals surface area contributed by atoms with E-state index in [0.29, 0.717) is 27.2 Å². The number of pyridine rings is 1. The molecule has 3 N–H and O–H groups in total. The Hall–Kier alpha value is -1.65. The maximum absolute atomic E-state index is 11.4. The van der Waals surface area contributed by atoms with Crippen LogP contribution in [0.3, 0.4) is 0 Å². The Bertz CT molecular complexity index is 876. The molecule has 0 aromatic carbocycles. The summed E-state index contributed by atoms with van der Waals surface area (Å²) >= 11 is 3.39. The lowest BCUT2D eigenvalue weighted by molar-refractivity contribution is 0.136. The molecule has 0 saturated carbocycles. The minimum atomic E-state index is -4.36. The lowest BCUT2D eigenvalue weighted by Crippen LogP contribution is -2.15. The Morgan fingerprint density at radius 2 is 2.26 bits per heavy atom. The van der Waals surface area contributed by atoms with Crippen molar-refractivity contribution in [2.45, 2.75) is 12.3 Å². The molecule has 0 fully saturated rings. The monoisotopic (exact) mass is 402 g/mol. The van der Waals surface area contributed by atoms with Crippen LogP contribution in [0, 0.1) is 0 Å². The van der Waals surface area contributed by atoms with Gasteiger partial charge < -0.3 is 18.9 Å². The summed E-state index contributed by atoms with van der Waals surface area (Å²) in [6.07, 6.45) is 3.49. The summed E-state index contributed by atoms with van der Waals surface area (Å²) in [5.41, 5.74) is 1.86. The average molecular weight is 403 g/mol. The van der Waals surface area contributed by atoms with Gasteiger partial charge in [-0.15, -0.1) is 5.10 Å². The van der Waals surface area contributed by atoms with Crippen molar-refractivity contribution in [3.63, 3.8) is 0 Å². The number of ether oxygens (including phenoxy) is 1. The summed E-state index contributed by atoms with van der Waals surface area (Å²) in [5.74, 6) is -0.783. The molecule has 3 aromatic rings. The molecule has 1 unspecified atom stereocenters. The van der Waals surface area contributed by atoms with Gasteiger partial charge in [-0.25, -0.2) is 10.1 Å². The molecule has 23 heavy (non-hydrogen) atoms. The van der Waals surface area contributed by atoms with E-state index in [4.69, 9.17) is 4.74 Å². The van der Waals surface area contributed by atoms with Crippen molar-refractivity contribution in [3.05, 3.63) is 28.5 Å². The Morgan fingerprint density at radius 3 is 2.87 bits per heavy atom. The molecule has 122 valence electrons. The lowest BCUT2D eigenvalue weighted by atomic mass is 10.2. The van der Waals surface area contributed by atoms with Crippen LogP contribution in [-0.2, 0) is 15.7 Å². The van der Waals surface area contributed by atoms with Crippen molar-refractivity contribution in [1.29, 1.82) is 0 Å². The first-order chi connectivity index (χ1) is 10.9. The normalized spacial score (nSPS) is 13.6. The van der Waals surface area contributed by atoms with E-state index < -0.39 is 13.4 Å². The van der Waals surface area contributed by atoms with Crippen LogP contribution < -0.4 is 0 Å². The quantitative estimate of drug-likeness (QED) is 0.536. The van der Waals surface area contributed by atoms with Crippen molar-refractivity contribution in [1.82, 2.24) is 30.0 Å². The van der Waals surface area contributed by atoms with Crippen molar-refractivity contribution in [2.75, 3.05) is 7.11 Å². The van der Waals surface area contributed by atoms with Gasteiger partial charge >= 0.3 is 7.60 Å². The molecule has 0 saturated heterocycles. The first-order valence-corrected chi connectivity index (χ1v) is 8.85. The number of hydrogen-bond acceptors (Lipinski definition) is 6. The van der Waals surface area contributed by atoms with Gasteiger partial charge in [0.15, 0.2) is 11.7 Å². The molecule has 0 aliphatic rings. The van der Waals surface area contributed by atoms with Crippen LogP contribution in [0.4, 0.5) is 0 Å².